The van der Waals surface area contributed by atoms with Gasteiger partial charge in [-0.25, -0.2) is 9.97 Å². The molecule has 24 heavy (non-hydrogen) atoms. The second-order valence-corrected chi connectivity index (χ2v) is 8.44. The molecule has 0 aromatic carbocycles. The van der Waals surface area contributed by atoms with Gasteiger partial charge in [0, 0.05) is 11.4 Å². The Labute approximate surface area is 150 Å². The predicted molar refractivity (Wildman–Crippen MR) is 102 cm³/mol. The number of amides is 1. The fourth-order valence-electron chi connectivity index (χ4n) is 3.00. The van der Waals surface area contributed by atoms with Crippen LogP contribution in [0.3, 0.4) is 0 Å². The van der Waals surface area contributed by atoms with Crippen LogP contribution in [-0.2, 0) is 17.6 Å². The number of nitrogens with one attached hydrogen (secondary N) is 1. The van der Waals surface area contributed by atoms with Gasteiger partial charge in [0.05, 0.1) is 11.1 Å². The van der Waals surface area contributed by atoms with Gasteiger partial charge in [-0.15, -0.1) is 11.3 Å². The fourth-order valence-corrected chi connectivity index (χ4v) is 5.13. The number of carbonyl (C=O) groups is 1. The maximum absolute atomic E-state index is 11.8. The minimum atomic E-state index is 0.0232. The van der Waals surface area contributed by atoms with Gasteiger partial charge in [0.2, 0.25) is 5.91 Å². The molecule has 1 unspecified atom stereocenters. The summed E-state index contributed by atoms with van der Waals surface area (Å²) in [4.78, 5) is 23.3. The Morgan fingerprint density at radius 1 is 1.46 bits per heavy atom. The first kappa shape index (κ1) is 17.5. The lowest BCUT2D eigenvalue weighted by Crippen LogP contribution is -2.26. The van der Waals surface area contributed by atoms with Crippen molar-refractivity contribution in [1.29, 1.82) is 0 Å². The summed E-state index contributed by atoms with van der Waals surface area (Å²) >= 11 is 3.09. The summed E-state index contributed by atoms with van der Waals surface area (Å²) in [7, 11) is 0. The second kappa shape index (κ2) is 7.70. The van der Waals surface area contributed by atoms with Crippen LogP contribution in [-0.4, -0.2) is 28.2 Å². The number of thioether (sulfide) groups is 1. The molecular weight excluding hydrogens is 340 g/mol. The lowest BCUT2D eigenvalue weighted by atomic mass is 9.89. The van der Waals surface area contributed by atoms with Gasteiger partial charge in [0.1, 0.15) is 10.6 Å². The van der Waals surface area contributed by atoms with Gasteiger partial charge in [-0.05, 0) is 37.2 Å². The van der Waals surface area contributed by atoms with Crippen molar-refractivity contribution >= 4 is 45.0 Å². The van der Waals surface area contributed by atoms with Crippen LogP contribution < -0.4 is 11.1 Å². The van der Waals surface area contributed by atoms with Crippen molar-refractivity contribution in [2.24, 2.45) is 5.92 Å². The maximum atomic E-state index is 11.8. The first-order chi connectivity index (χ1) is 11.6. The molecule has 1 amide bonds. The average Bonchev–Trinajstić information content (AvgIpc) is 2.90. The number of hydrogen-bond acceptors (Lipinski definition) is 6. The van der Waals surface area contributed by atoms with Gasteiger partial charge >= 0.3 is 0 Å². The van der Waals surface area contributed by atoms with Crippen molar-refractivity contribution in [2.75, 3.05) is 18.0 Å². The van der Waals surface area contributed by atoms with Crippen LogP contribution in [0.4, 0.5) is 5.82 Å². The summed E-state index contributed by atoms with van der Waals surface area (Å²) in [6, 6.07) is 0. The monoisotopic (exact) mass is 364 g/mol. The van der Waals surface area contributed by atoms with Crippen molar-refractivity contribution in [2.45, 2.75) is 51.1 Å². The standard InChI is InChI=1S/C17H24N4OS2/c1-3-4-7-19-13(22)9-23-17-20-15(18)14-11-6-5-10(2)8-12(11)24-16(14)21-17/h10H,3-9H2,1-2H3,(H,19,22)(H2,18,20,21). The van der Waals surface area contributed by atoms with Crippen molar-refractivity contribution in [3.63, 3.8) is 0 Å². The van der Waals surface area contributed by atoms with Gasteiger partial charge in [-0.2, -0.15) is 0 Å². The van der Waals surface area contributed by atoms with Gasteiger partial charge in [-0.3, -0.25) is 4.79 Å². The van der Waals surface area contributed by atoms with E-state index < -0.39 is 0 Å². The minimum Gasteiger partial charge on any atom is -0.383 e. The summed E-state index contributed by atoms with van der Waals surface area (Å²) in [5.41, 5.74) is 7.55. The Balaban J connectivity index is 1.73. The zero-order valence-corrected chi connectivity index (χ0v) is 15.9. The van der Waals surface area contributed by atoms with E-state index in [4.69, 9.17) is 5.73 Å². The van der Waals surface area contributed by atoms with E-state index in [2.05, 4.69) is 29.1 Å². The van der Waals surface area contributed by atoms with Gasteiger partial charge in [0.15, 0.2) is 5.16 Å². The number of fused-ring (bicyclic) bond motifs is 3. The van der Waals surface area contributed by atoms with E-state index in [0.29, 0.717) is 16.7 Å². The lowest BCUT2D eigenvalue weighted by molar-refractivity contribution is -0.118. The van der Waals surface area contributed by atoms with Crippen LogP contribution in [0.15, 0.2) is 5.16 Å². The first-order valence-corrected chi connectivity index (χ1v) is 10.4. The first-order valence-electron chi connectivity index (χ1n) is 8.55. The molecule has 0 bridgehead atoms. The smallest absolute Gasteiger partial charge is 0.230 e. The summed E-state index contributed by atoms with van der Waals surface area (Å²) in [6.45, 7) is 5.13. The SMILES string of the molecule is CCCCNC(=O)CSc1nc(N)c2c3c(sc2n1)CC(C)CC3. The zero-order valence-electron chi connectivity index (χ0n) is 14.2. The van der Waals surface area contributed by atoms with E-state index in [9.17, 15) is 4.79 Å². The molecule has 1 atom stereocenters. The third-order valence-electron chi connectivity index (χ3n) is 4.35. The topological polar surface area (TPSA) is 80.9 Å². The molecule has 0 radical (unpaired) electrons. The van der Waals surface area contributed by atoms with Gasteiger partial charge in [-0.1, -0.05) is 32.0 Å². The highest BCUT2D eigenvalue weighted by atomic mass is 32.2. The third kappa shape index (κ3) is 3.83. The molecule has 1 aliphatic rings. The Hall–Kier alpha value is -1.34. The van der Waals surface area contributed by atoms with Crippen molar-refractivity contribution in [3.05, 3.63) is 10.4 Å². The molecule has 3 N–H and O–H groups in total. The number of aryl methyl sites for hydroxylation is 1. The van der Waals surface area contributed by atoms with Crippen LogP contribution in [0.1, 0.15) is 43.6 Å². The molecule has 1 aliphatic carbocycles. The molecule has 7 heteroatoms. The van der Waals surface area contributed by atoms with Crippen LogP contribution in [0.5, 0.6) is 0 Å². The van der Waals surface area contributed by atoms with E-state index in [1.54, 1.807) is 11.3 Å². The molecule has 2 aromatic rings. The highest BCUT2D eigenvalue weighted by Gasteiger charge is 2.23. The van der Waals surface area contributed by atoms with Gasteiger partial charge < -0.3 is 11.1 Å². The second-order valence-electron chi connectivity index (χ2n) is 6.42. The molecule has 0 fully saturated rings. The molecular formula is C17H24N4OS2. The van der Waals surface area contributed by atoms with E-state index in [0.717, 1.165) is 48.4 Å². The summed E-state index contributed by atoms with van der Waals surface area (Å²) < 4.78 is 0. The highest BCUT2D eigenvalue weighted by molar-refractivity contribution is 7.99. The number of nitrogen functional groups attached to an aromatic ring is 1. The Kier molecular flexibility index (Phi) is 5.61. The number of hydrogen-bond donors (Lipinski definition) is 2. The predicted octanol–water partition coefficient (Wildman–Crippen LogP) is 3.41. The highest BCUT2D eigenvalue weighted by Crippen LogP contribution is 2.39. The zero-order chi connectivity index (χ0) is 17.1. The number of rotatable bonds is 6. The normalized spacial score (nSPS) is 17.0. The number of anilines is 1. The summed E-state index contributed by atoms with van der Waals surface area (Å²) in [5.74, 6) is 1.63. The Bertz CT molecular complexity index is 744. The van der Waals surface area contributed by atoms with Crippen LogP contribution in [0.25, 0.3) is 10.2 Å². The number of aromatic nitrogens is 2. The van der Waals surface area contributed by atoms with E-state index in [-0.39, 0.29) is 5.91 Å². The molecule has 0 saturated carbocycles. The van der Waals surface area contributed by atoms with Crippen molar-refractivity contribution < 1.29 is 4.79 Å². The Morgan fingerprint density at radius 3 is 3.08 bits per heavy atom. The summed E-state index contributed by atoms with van der Waals surface area (Å²) in [5, 5.41) is 4.54. The third-order valence-corrected chi connectivity index (χ3v) is 6.34. The van der Waals surface area contributed by atoms with E-state index in [1.807, 2.05) is 0 Å². The molecule has 0 aliphatic heterocycles. The number of thiophene rings is 1. The summed E-state index contributed by atoms with van der Waals surface area (Å²) in [6.07, 6.45) is 5.46. The largest absolute Gasteiger partial charge is 0.383 e. The number of nitrogens with two attached hydrogens (primary N) is 1. The lowest BCUT2D eigenvalue weighted by Gasteiger charge is -2.17. The molecule has 0 spiro atoms. The minimum absolute atomic E-state index is 0.0232. The van der Waals surface area contributed by atoms with Crippen LogP contribution >= 0.6 is 23.1 Å². The van der Waals surface area contributed by atoms with Crippen molar-refractivity contribution in [1.82, 2.24) is 15.3 Å². The van der Waals surface area contributed by atoms with Crippen LogP contribution in [0, 0.1) is 5.92 Å². The fraction of sp³-hybridized carbons (Fsp3) is 0.588. The Morgan fingerprint density at radius 2 is 2.29 bits per heavy atom. The molecule has 2 heterocycles. The maximum Gasteiger partial charge on any atom is 0.230 e. The molecule has 5 nitrogen and oxygen atoms in total. The number of carbonyl (C=O) groups excluding carboxylic acids is 1. The van der Waals surface area contributed by atoms with Crippen LogP contribution in [0.2, 0.25) is 0 Å². The molecule has 130 valence electrons. The van der Waals surface area contributed by atoms with E-state index >= 15 is 0 Å². The number of nitrogens with zero attached hydrogens (tertiary/aromatic N) is 2. The quantitative estimate of drug-likeness (QED) is 0.466. The van der Waals surface area contributed by atoms with E-state index in [1.165, 1.54) is 28.6 Å². The molecule has 0 saturated heterocycles. The number of unbranched alkanes of at least 4 members (excludes halogenated alkanes) is 1. The molecule has 2 aromatic heterocycles. The van der Waals surface area contributed by atoms with Crippen molar-refractivity contribution in [3.8, 4) is 0 Å². The molecule has 3 rings (SSSR count). The average molecular weight is 365 g/mol. The van der Waals surface area contributed by atoms with Gasteiger partial charge in [0.25, 0.3) is 0 Å².